The predicted octanol–water partition coefficient (Wildman–Crippen LogP) is 24.2. The molecule has 21 rings (SSSR count). The molecule has 106 heavy (non-hydrogen) atoms. The molecule has 494 valence electrons. The minimum absolute atomic E-state index is 0.567. The number of furan rings is 2. The highest BCUT2D eigenvalue weighted by Crippen LogP contribution is 2.48. The Labute approximate surface area is 613 Å². The molecular formula is C92H52N10O2S2. The van der Waals surface area contributed by atoms with Crippen molar-refractivity contribution < 1.29 is 8.83 Å². The molecule has 0 amide bonds. The number of rotatable bonds is 12. The third-order valence-electron chi connectivity index (χ3n) is 19.7. The fraction of sp³-hybridized carbons (Fsp3) is 0. The molecule has 0 N–H and O–H groups in total. The van der Waals surface area contributed by atoms with E-state index >= 15 is 0 Å². The summed E-state index contributed by atoms with van der Waals surface area (Å²) in [5.74, 6) is 4.77. The number of nitrogens with zero attached hydrogens (tertiary/aromatic N) is 10. The van der Waals surface area contributed by atoms with Gasteiger partial charge in [0.15, 0.2) is 57.8 Å². The van der Waals surface area contributed by atoms with Crippen LogP contribution in [-0.2, 0) is 0 Å². The Balaban J connectivity index is 0.611. The Kier molecular flexibility index (Phi) is 14.3. The van der Waals surface area contributed by atoms with Crippen molar-refractivity contribution in [2.24, 2.45) is 0 Å². The molecule has 0 unspecified atom stereocenters. The highest BCUT2D eigenvalue weighted by atomic mass is 32.1. The second kappa shape index (κ2) is 25.0. The van der Waals surface area contributed by atoms with Gasteiger partial charge in [0.25, 0.3) is 0 Å². The lowest BCUT2D eigenvalue weighted by Crippen LogP contribution is -2.00. The normalized spacial score (nSPS) is 11.8. The van der Waals surface area contributed by atoms with Gasteiger partial charge in [-0.25, -0.2) is 49.8 Å². The Hall–Kier alpha value is -13.9. The third-order valence-corrected chi connectivity index (χ3v) is 22.1. The molecule has 0 bridgehead atoms. The topological polar surface area (TPSA) is 155 Å². The zero-order chi connectivity index (χ0) is 69.8. The Morgan fingerprint density at radius 2 is 0.519 bits per heavy atom. The molecule has 13 aromatic carbocycles. The van der Waals surface area contributed by atoms with E-state index in [9.17, 15) is 0 Å². The van der Waals surface area contributed by atoms with Crippen LogP contribution in [0.1, 0.15) is 0 Å². The molecule has 0 aliphatic rings. The van der Waals surface area contributed by atoms with Crippen molar-refractivity contribution in [2.75, 3.05) is 0 Å². The van der Waals surface area contributed by atoms with Gasteiger partial charge in [-0.15, -0.1) is 22.7 Å². The first-order valence-corrected chi connectivity index (χ1v) is 36.5. The Morgan fingerprint density at radius 3 is 0.972 bits per heavy atom. The van der Waals surface area contributed by atoms with E-state index in [1.807, 2.05) is 146 Å². The van der Waals surface area contributed by atoms with Crippen LogP contribution in [0.15, 0.2) is 324 Å². The van der Waals surface area contributed by atoms with E-state index in [2.05, 4.69) is 170 Å². The van der Waals surface area contributed by atoms with Gasteiger partial charge in [0.2, 0.25) is 0 Å². The number of benzene rings is 13. The van der Waals surface area contributed by atoms with Gasteiger partial charge < -0.3 is 8.83 Å². The van der Waals surface area contributed by atoms with Crippen molar-refractivity contribution in [2.45, 2.75) is 0 Å². The van der Waals surface area contributed by atoms with Crippen molar-refractivity contribution in [3.05, 3.63) is 315 Å². The van der Waals surface area contributed by atoms with Gasteiger partial charge in [-0.2, -0.15) is 0 Å². The molecule has 14 heteroatoms. The quantitative estimate of drug-likeness (QED) is 0.114. The standard InChI is InChI=1S/C92H52N10O2S2/c1-5-22-56(23-6-1)77-81-79(63-32-13-15-40-71(63)103-81)95-91(93-77)69-38-18-35-66-76-68(37-21-43-74(76)106-83(66)69)90-101-87(60-28-11-4-12-29-60)98-88(102-90)62-31-17-30-61(52-62)55-46-44-53(45-47-55)54-48-50-57(51-49-54)78-82-80(64-33-14-16-41-72(64)104-82)96-92(94-78)70-39-19-34-65-75-67(36-20-42-73(75)105-84(65)70)89-99-85(58-24-7-2-8-25-58)97-86(100-89)59-26-9-3-10-27-59/h1-52H. The Morgan fingerprint density at radius 1 is 0.208 bits per heavy atom. The maximum absolute atomic E-state index is 6.69. The SMILES string of the molecule is c1ccc(-c2nc(-c3ccccc3)nc(-c3cccc4sc5c(-c6nc(-c7ccc(-c8ccc(-c9cccc(-c%10nc(-c%11ccccc%11)nc(-c%11cccc%12sc%13c(-c%14nc(-c%15ccccc%15)c%15oc%16ccccc%16c%15n%14)cccc%13c%11%12)n%10)c9)cc8)cc7)c7oc8ccccc8c7n6)cccc5c34)n2)cc1. The van der Waals surface area contributed by atoms with Gasteiger partial charge in [-0.1, -0.05) is 261 Å². The molecule has 21 aromatic rings. The molecule has 0 aliphatic carbocycles. The van der Waals surface area contributed by atoms with Crippen LogP contribution in [-0.4, -0.2) is 49.8 Å². The average Bonchev–Trinajstić information content (AvgIpc) is 1.58. The van der Waals surface area contributed by atoms with Crippen molar-refractivity contribution in [3.63, 3.8) is 0 Å². The lowest BCUT2D eigenvalue weighted by atomic mass is 9.98. The van der Waals surface area contributed by atoms with Gasteiger partial charge in [0, 0.05) is 107 Å². The van der Waals surface area contributed by atoms with Gasteiger partial charge >= 0.3 is 0 Å². The maximum Gasteiger partial charge on any atom is 0.180 e. The van der Waals surface area contributed by atoms with E-state index in [1.165, 1.54) is 0 Å². The summed E-state index contributed by atoms with van der Waals surface area (Å²) in [6, 6.07) is 108. The van der Waals surface area contributed by atoms with Crippen LogP contribution in [0.4, 0.5) is 0 Å². The third kappa shape index (κ3) is 10.4. The summed E-state index contributed by atoms with van der Waals surface area (Å²) in [6.07, 6.45) is 0. The fourth-order valence-corrected chi connectivity index (χ4v) is 17.1. The molecule has 12 nitrogen and oxygen atoms in total. The number of thiophene rings is 2. The first kappa shape index (κ1) is 60.8. The van der Waals surface area contributed by atoms with Gasteiger partial charge in [-0.3, -0.25) is 0 Å². The molecule has 0 aliphatic heterocycles. The number of hydrogen-bond acceptors (Lipinski definition) is 14. The molecule has 0 atom stereocenters. The van der Waals surface area contributed by atoms with E-state index < -0.39 is 0 Å². The molecule has 8 heterocycles. The van der Waals surface area contributed by atoms with Gasteiger partial charge in [0.1, 0.15) is 33.6 Å². The number of hydrogen-bond donors (Lipinski definition) is 0. The molecule has 0 saturated heterocycles. The summed E-state index contributed by atoms with van der Waals surface area (Å²) >= 11 is 3.44. The largest absolute Gasteiger partial charge is 0.452 e. The highest BCUT2D eigenvalue weighted by molar-refractivity contribution is 7.27. The minimum Gasteiger partial charge on any atom is -0.452 e. The first-order valence-electron chi connectivity index (χ1n) is 34.8. The van der Waals surface area contributed by atoms with Gasteiger partial charge in [-0.05, 0) is 76.9 Å². The van der Waals surface area contributed by atoms with Gasteiger partial charge in [0.05, 0.1) is 0 Å². The van der Waals surface area contributed by atoms with Crippen LogP contribution < -0.4 is 0 Å². The monoisotopic (exact) mass is 1390 g/mol. The van der Waals surface area contributed by atoms with Crippen LogP contribution in [0, 0.1) is 0 Å². The summed E-state index contributed by atoms with van der Waals surface area (Å²) in [5.41, 5.74) is 19.1. The summed E-state index contributed by atoms with van der Waals surface area (Å²) in [5, 5.41) is 6.10. The fourth-order valence-electron chi connectivity index (χ4n) is 14.6. The molecule has 0 radical (unpaired) electrons. The van der Waals surface area contributed by atoms with E-state index in [1.54, 1.807) is 22.7 Å². The van der Waals surface area contributed by atoms with E-state index in [0.29, 0.717) is 63.5 Å². The van der Waals surface area contributed by atoms with Crippen molar-refractivity contribution in [1.82, 2.24) is 49.8 Å². The predicted molar refractivity (Wildman–Crippen MR) is 430 cm³/mol. The summed E-state index contributed by atoms with van der Waals surface area (Å²) in [6.45, 7) is 0. The smallest absolute Gasteiger partial charge is 0.180 e. The lowest BCUT2D eigenvalue weighted by molar-refractivity contribution is 0.667. The molecule has 8 aromatic heterocycles. The van der Waals surface area contributed by atoms with Crippen LogP contribution in [0.3, 0.4) is 0 Å². The second-order valence-corrected chi connectivity index (χ2v) is 28.2. The van der Waals surface area contributed by atoms with Crippen LogP contribution in [0.5, 0.6) is 0 Å². The van der Waals surface area contributed by atoms with Crippen LogP contribution in [0.25, 0.3) is 220 Å². The zero-order valence-corrected chi connectivity index (χ0v) is 57.8. The molecule has 0 fully saturated rings. The molecule has 0 spiro atoms. The van der Waals surface area contributed by atoms with Crippen molar-refractivity contribution in [3.8, 4) is 136 Å². The van der Waals surface area contributed by atoms with Crippen molar-refractivity contribution in [1.29, 1.82) is 0 Å². The minimum atomic E-state index is 0.567. The first-order chi connectivity index (χ1) is 52.5. The maximum atomic E-state index is 6.69. The van der Waals surface area contributed by atoms with E-state index in [-0.39, 0.29) is 0 Å². The van der Waals surface area contributed by atoms with E-state index in [4.69, 9.17) is 58.7 Å². The Bertz CT molecular complexity index is 7010. The average molecular weight is 1390 g/mol. The summed E-state index contributed by atoms with van der Waals surface area (Å²) in [7, 11) is 0. The lowest BCUT2D eigenvalue weighted by Gasteiger charge is -2.11. The van der Waals surface area contributed by atoms with Crippen molar-refractivity contribution >= 4 is 107 Å². The highest BCUT2D eigenvalue weighted by Gasteiger charge is 2.26. The van der Waals surface area contributed by atoms with E-state index in [0.717, 1.165) is 157 Å². The molecular weight excluding hydrogens is 1340 g/mol. The van der Waals surface area contributed by atoms with Crippen LogP contribution >= 0.6 is 22.7 Å². The van der Waals surface area contributed by atoms with Crippen LogP contribution in [0.2, 0.25) is 0 Å². The number of fused-ring (bicyclic) bond motifs is 12. The summed E-state index contributed by atoms with van der Waals surface area (Å²) < 4.78 is 17.5. The number of aromatic nitrogens is 10. The second-order valence-electron chi connectivity index (χ2n) is 26.1. The zero-order valence-electron chi connectivity index (χ0n) is 56.1. The molecule has 0 saturated carbocycles. The number of para-hydroxylation sites is 2. The summed E-state index contributed by atoms with van der Waals surface area (Å²) in [4.78, 5) is 52.6.